The minimum atomic E-state index is -1.17. The molecule has 150 valence electrons. The summed E-state index contributed by atoms with van der Waals surface area (Å²) in [5.41, 5.74) is -1.37. The van der Waals surface area contributed by atoms with Crippen LogP contribution in [0, 0.1) is 5.82 Å². The molecule has 1 aromatic carbocycles. The molecule has 0 unspecified atom stereocenters. The Kier molecular flexibility index (Phi) is 6.71. The molecule has 0 saturated carbocycles. The third kappa shape index (κ3) is 4.89. The fraction of sp³-hybridized carbons (Fsp3) is 0.600. The van der Waals surface area contributed by atoms with E-state index in [9.17, 15) is 4.39 Å². The SMILES string of the molecule is COc1ccc(F)cc1C(CCOC(C)C)=C(F)B1OC(C)(C)C(C)(C)O1. The zero-order chi connectivity index (χ0) is 20.4. The first-order valence-electron chi connectivity index (χ1n) is 9.18. The summed E-state index contributed by atoms with van der Waals surface area (Å²) in [6, 6.07) is 4.01. The van der Waals surface area contributed by atoms with E-state index >= 15 is 4.39 Å². The molecule has 0 bridgehead atoms. The largest absolute Gasteiger partial charge is 0.525 e. The van der Waals surface area contributed by atoms with Crippen LogP contribution in [-0.4, -0.2) is 38.1 Å². The highest BCUT2D eigenvalue weighted by Gasteiger charge is 2.53. The zero-order valence-electron chi connectivity index (χ0n) is 17.2. The molecule has 0 aliphatic carbocycles. The van der Waals surface area contributed by atoms with Crippen LogP contribution in [-0.2, 0) is 14.0 Å². The molecule has 0 atom stereocenters. The van der Waals surface area contributed by atoms with E-state index in [4.69, 9.17) is 18.8 Å². The highest BCUT2D eigenvalue weighted by Crippen LogP contribution is 2.41. The predicted octanol–water partition coefficient (Wildman–Crippen LogP) is 4.96. The van der Waals surface area contributed by atoms with Crippen molar-refractivity contribution in [2.75, 3.05) is 13.7 Å². The second-order valence-electron chi connectivity index (χ2n) is 7.93. The molecular weight excluding hydrogens is 353 g/mol. The van der Waals surface area contributed by atoms with Crippen molar-refractivity contribution in [3.8, 4) is 5.75 Å². The van der Waals surface area contributed by atoms with Gasteiger partial charge in [0.15, 0.2) is 0 Å². The molecule has 1 saturated heterocycles. The zero-order valence-corrected chi connectivity index (χ0v) is 17.2. The summed E-state index contributed by atoms with van der Waals surface area (Å²) in [5, 5.41) is 0. The summed E-state index contributed by atoms with van der Waals surface area (Å²) in [6.07, 6.45) is 0.231. The van der Waals surface area contributed by atoms with Gasteiger partial charge >= 0.3 is 7.12 Å². The molecule has 0 spiro atoms. The number of rotatable bonds is 7. The molecule has 4 nitrogen and oxygen atoms in total. The molecule has 1 aromatic rings. The van der Waals surface area contributed by atoms with Crippen molar-refractivity contribution in [2.24, 2.45) is 0 Å². The maximum absolute atomic E-state index is 15.5. The summed E-state index contributed by atoms with van der Waals surface area (Å²) in [7, 11) is 0.295. The Balaban J connectivity index is 2.46. The van der Waals surface area contributed by atoms with Gasteiger partial charge in [-0.2, -0.15) is 0 Å². The molecule has 7 heteroatoms. The number of ether oxygens (including phenoxy) is 2. The molecular formula is C20H29BF2O4. The van der Waals surface area contributed by atoms with E-state index in [0.717, 1.165) is 0 Å². The molecule has 2 rings (SSSR count). The van der Waals surface area contributed by atoms with E-state index in [2.05, 4.69) is 0 Å². The monoisotopic (exact) mass is 382 g/mol. The number of hydrogen-bond donors (Lipinski definition) is 0. The fourth-order valence-electron chi connectivity index (χ4n) is 2.78. The van der Waals surface area contributed by atoms with Gasteiger partial charge in [-0.3, -0.25) is 0 Å². The van der Waals surface area contributed by atoms with Crippen LogP contribution in [0.25, 0.3) is 5.57 Å². The molecule has 1 fully saturated rings. The van der Waals surface area contributed by atoms with Crippen LogP contribution in [0.3, 0.4) is 0 Å². The van der Waals surface area contributed by atoms with E-state index in [1.807, 2.05) is 41.5 Å². The smallest absolute Gasteiger partial charge is 0.496 e. The number of methoxy groups -OCH3 is 1. The first-order chi connectivity index (χ1) is 12.5. The lowest BCUT2D eigenvalue weighted by Gasteiger charge is -2.32. The summed E-state index contributed by atoms with van der Waals surface area (Å²) < 4.78 is 51.9. The lowest BCUT2D eigenvalue weighted by atomic mass is 9.81. The first-order valence-corrected chi connectivity index (χ1v) is 9.18. The van der Waals surface area contributed by atoms with Gasteiger partial charge in [-0.25, -0.2) is 8.78 Å². The maximum Gasteiger partial charge on any atom is 0.525 e. The van der Waals surface area contributed by atoms with E-state index < -0.39 is 29.9 Å². The van der Waals surface area contributed by atoms with Crippen LogP contribution in [0.15, 0.2) is 23.9 Å². The van der Waals surface area contributed by atoms with Crippen molar-refractivity contribution in [2.45, 2.75) is 65.3 Å². The molecule has 0 radical (unpaired) electrons. The predicted molar refractivity (Wildman–Crippen MR) is 103 cm³/mol. The van der Waals surface area contributed by atoms with Gasteiger partial charge in [0, 0.05) is 5.56 Å². The van der Waals surface area contributed by atoms with Gasteiger partial charge in [0.05, 0.1) is 31.0 Å². The Labute approximate surface area is 161 Å². The summed E-state index contributed by atoms with van der Waals surface area (Å²) >= 11 is 0. The number of hydrogen-bond acceptors (Lipinski definition) is 4. The van der Waals surface area contributed by atoms with Crippen molar-refractivity contribution >= 4 is 12.7 Å². The highest BCUT2D eigenvalue weighted by molar-refractivity contribution is 6.55. The molecule has 1 aliphatic rings. The van der Waals surface area contributed by atoms with Gasteiger partial charge in [0.25, 0.3) is 0 Å². The van der Waals surface area contributed by atoms with Gasteiger partial charge in [-0.05, 0) is 71.7 Å². The van der Waals surface area contributed by atoms with Crippen LogP contribution in [0.1, 0.15) is 53.5 Å². The van der Waals surface area contributed by atoms with E-state index in [1.165, 1.54) is 25.3 Å². The maximum atomic E-state index is 15.5. The lowest BCUT2D eigenvalue weighted by Crippen LogP contribution is -2.41. The summed E-state index contributed by atoms with van der Waals surface area (Å²) in [6.45, 7) is 11.5. The Morgan fingerprint density at radius 1 is 1.15 bits per heavy atom. The second-order valence-corrected chi connectivity index (χ2v) is 7.93. The normalized spacial score (nSPS) is 19.4. The Bertz CT molecular complexity index is 685. The fourth-order valence-corrected chi connectivity index (χ4v) is 2.78. The number of halogens is 2. The Hall–Kier alpha value is -1.44. The van der Waals surface area contributed by atoms with Crippen LogP contribution in [0.4, 0.5) is 8.78 Å². The van der Waals surface area contributed by atoms with E-state index in [1.54, 1.807) is 0 Å². The summed E-state index contributed by atoms with van der Waals surface area (Å²) in [4.78, 5) is 0. The standard InChI is InChI=1S/C20H29BF2O4/c1-13(2)25-11-10-15(16-12-14(22)8-9-17(16)24-7)18(23)21-26-19(3,4)20(5,6)27-21/h8-9,12-13H,10-11H2,1-7H3. The third-order valence-corrected chi connectivity index (χ3v) is 5.04. The van der Waals surface area contributed by atoms with Gasteiger partial charge in [0.2, 0.25) is 0 Å². The quantitative estimate of drug-likeness (QED) is 0.625. The molecule has 1 aliphatic heterocycles. The van der Waals surface area contributed by atoms with Crippen molar-refractivity contribution in [3.63, 3.8) is 0 Å². The number of benzene rings is 1. The van der Waals surface area contributed by atoms with Gasteiger partial charge in [-0.15, -0.1) is 0 Å². The minimum absolute atomic E-state index is 0.000522. The first kappa shape index (κ1) is 21.9. The van der Waals surface area contributed by atoms with Gasteiger partial charge < -0.3 is 18.8 Å². The average molecular weight is 382 g/mol. The molecule has 1 heterocycles. The molecule has 0 aromatic heterocycles. The topological polar surface area (TPSA) is 36.9 Å². The molecule has 0 N–H and O–H groups in total. The van der Waals surface area contributed by atoms with Crippen molar-refractivity contribution in [1.82, 2.24) is 0 Å². The third-order valence-electron chi connectivity index (χ3n) is 5.04. The van der Waals surface area contributed by atoms with Crippen LogP contribution in [0.2, 0.25) is 0 Å². The average Bonchev–Trinajstić information content (AvgIpc) is 2.78. The molecule has 0 amide bonds. The minimum Gasteiger partial charge on any atom is -0.496 e. The lowest BCUT2D eigenvalue weighted by molar-refractivity contribution is 0.00578. The van der Waals surface area contributed by atoms with Crippen LogP contribution in [0.5, 0.6) is 5.75 Å². The van der Waals surface area contributed by atoms with Crippen molar-refractivity contribution in [3.05, 3.63) is 35.3 Å². The Morgan fingerprint density at radius 2 is 1.74 bits per heavy atom. The van der Waals surface area contributed by atoms with Crippen molar-refractivity contribution in [1.29, 1.82) is 0 Å². The van der Waals surface area contributed by atoms with E-state index in [-0.39, 0.29) is 24.7 Å². The molecule has 27 heavy (non-hydrogen) atoms. The second kappa shape index (κ2) is 8.29. The van der Waals surface area contributed by atoms with E-state index in [0.29, 0.717) is 11.3 Å². The van der Waals surface area contributed by atoms with Crippen molar-refractivity contribution < 1.29 is 27.6 Å². The van der Waals surface area contributed by atoms with Gasteiger partial charge in [0.1, 0.15) is 17.3 Å². The van der Waals surface area contributed by atoms with Crippen LogP contribution < -0.4 is 4.74 Å². The summed E-state index contributed by atoms with van der Waals surface area (Å²) in [5.74, 6) is -0.0996. The van der Waals surface area contributed by atoms with Gasteiger partial charge in [-0.1, -0.05) is 0 Å². The van der Waals surface area contributed by atoms with Crippen LogP contribution >= 0.6 is 0 Å². The highest BCUT2D eigenvalue weighted by atomic mass is 19.1. The Morgan fingerprint density at radius 3 is 2.26 bits per heavy atom.